The van der Waals surface area contributed by atoms with E-state index in [0.717, 1.165) is 23.1 Å². The number of nitrogens with one attached hydrogen (secondary N) is 1. The number of benzene rings is 1. The third-order valence-corrected chi connectivity index (χ3v) is 2.17. The molecule has 1 N–H and O–H groups in total. The number of hydrogen-bond donors (Lipinski definition) is 1. The first kappa shape index (κ1) is 10.1. The minimum Gasteiger partial charge on any atom is -0.385 e. The van der Waals surface area contributed by atoms with Gasteiger partial charge in [0.1, 0.15) is 0 Å². The molecule has 13 heavy (non-hydrogen) atoms. The van der Waals surface area contributed by atoms with Gasteiger partial charge in [0.2, 0.25) is 0 Å². The zero-order valence-electron chi connectivity index (χ0n) is 7.26. The van der Waals surface area contributed by atoms with Crippen LogP contribution in [0.2, 0.25) is 0 Å². The smallest absolute Gasteiger partial charge is 0.0622 e. The van der Waals surface area contributed by atoms with Crippen molar-refractivity contribution in [2.75, 3.05) is 11.9 Å². The summed E-state index contributed by atoms with van der Waals surface area (Å²) in [6.07, 6.45) is 1.51. The van der Waals surface area contributed by atoms with E-state index in [1.165, 1.54) is 0 Å². The minimum absolute atomic E-state index is 0.615. The van der Waals surface area contributed by atoms with Crippen molar-refractivity contribution in [2.45, 2.75) is 12.8 Å². The number of rotatable bonds is 4. The number of nitriles is 1. The summed E-state index contributed by atoms with van der Waals surface area (Å²) in [5.41, 5.74) is 1.10. The average Bonchev–Trinajstić information content (AvgIpc) is 2.15. The summed E-state index contributed by atoms with van der Waals surface area (Å²) < 4.78 is 1.08. The van der Waals surface area contributed by atoms with Crippen LogP contribution < -0.4 is 5.32 Å². The molecule has 0 aromatic heterocycles. The molecule has 0 saturated heterocycles. The van der Waals surface area contributed by atoms with Gasteiger partial charge in [-0.1, -0.05) is 15.9 Å². The molecule has 2 nitrogen and oxygen atoms in total. The second kappa shape index (κ2) is 5.60. The summed E-state index contributed by atoms with van der Waals surface area (Å²) in [4.78, 5) is 0. The average molecular weight is 239 g/mol. The third kappa shape index (κ3) is 3.95. The van der Waals surface area contributed by atoms with Crippen molar-refractivity contribution in [3.63, 3.8) is 0 Å². The van der Waals surface area contributed by atoms with E-state index < -0.39 is 0 Å². The molecule has 0 bridgehead atoms. The summed E-state index contributed by atoms with van der Waals surface area (Å²) in [7, 11) is 0. The van der Waals surface area contributed by atoms with Crippen LogP contribution in [0.5, 0.6) is 0 Å². The van der Waals surface area contributed by atoms with E-state index in [4.69, 9.17) is 5.26 Å². The van der Waals surface area contributed by atoms with Gasteiger partial charge >= 0.3 is 0 Å². The fourth-order valence-electron chi connectivity index (χ4n) is 0.968. The predicted molar refractivity (Wildman–Crippen MR) is 57.5 cm³/mol. The summed E-state index contributed by atoms with van der Waals surface area (Å²) in [5, 5.41) is 11.6. The van der Waals surface area contributed by atoms with Crippen LogP contribution in [0.4, 0.5) is 5.69 Å². The van der Waals surface area contributed by atoms with Gasteiger partial charge in [-0.2, -0.15) is 5.26 Å². The fourth-order valence-corrected chi connectivity index (χ4v) is 1.23. The molecule has 0 radical (unpaired) electrons. The van der Waals surface area contributed by atoms with Crippen molar-refractivity contribution in [3.05, 3.63) is 28.7 Å². The van der Waals surface area contributed by atoms with E-state index in [9.17, 15) is 0 Å². The van der Waals surface area contributed by atoms with Gasteiger partial charge in [-0.25, -0.2) is 0 Å². The molecule has 0 atom stereocenters. The highest BCUT2D eigenvalue weighted by Crippen LogP contribution is 2.13. The second-order valence-corrected chi connectivity index (χ2v) is 3.61. The van der Waals surface area contributed by atoms with E-state index in [1.54, 1.807) is 0 Å². The van der Waals surface area contributed by atoms with Crippen molar-refractivity contribution in [1.29, 1.82) is 5.26 Å². The van der Waals surface area contributed by atoms with Crippen LogP contribution in [0.1, 0.15) is 12.8 Å². The molecule has 0 heterocycles. The Balaban J connectivity index is 2.30. The first-order valence-corrected chi connectivity index (χ1v) is 4.98. The molecule has 0 aliphatic heterocycles. The van der Waals surface area contributed by atoms with Crippen molar-refractivity contribution in [3.8, 4) is 6.07 Å². The lowest BCUT2D eigenvalue weighted by atomic mass is 10.3. The van der Waals surface area contributed by atoms with Gasteiger partial charge in [-0.3, -0.25) is 0 Å². The Morgan fingerprint density at radius 2 is 2.00 bits per heavy atom. The topological polar surface area (TPSA) is 35.8 Å². The van der Waals surface area contributed by atoms with E-state index in [2.05, 4.69) is 27.3 Å². The molecule has 0 aliphatic rings. The van der Waals surface area contributed by atoms with Crippen LogP contribution in [0.25, 0.3) is 0 Å². The summed E-state index contributed by atoms with van der Waals surface area (Å²) >= 11 is 3.37. The van der Waals surface area contributed by atoms with Gasteiger partial charge in [0, 0.05) is 23.1 Å². The van der Waals surface area contributed by atoms with Crippen LogP contribution in [0.3, 0.4) is 0 Å². The maximum absolute atomic E-state index is 8.32. The molecule has 0 saturated carbocycles. The van der Waals surface area contributed by atoms with Crippen molar-refractivity contribution >= 4 is 21.6 Å². The van der Waals surface area contributed by atoms with E-state index in [1.807, 2.05) is 24.3 Å². The Labute approximate surface area is 86.7 Å². The second-order valence-electron chi connectivity index (χ2n) is 2.70. The summed E-state index contributed by atoms with van der Waals surface area (Å²) in [6, 6.07) is 10.1. The molecule has 1 aromatic carbocycles. The highest BCUT2D eigenvalue weighted by atomic mass is 79.9. The molecule has 0 unspecified atom stereocenters. The first-order valence-electron chi connectivity index (χ1n) is 4.19. The van der Waals surface area contributed by atoms with Crippen molar-refractivity contribution in [2.24, 2.45) is 0 Å². The summed E-state index contributed by atoms with van der Waals surface area (Å²) in [5.74, 6) is 0. The largest absolute Gasteiger partial charge is 0.385 e. The Hall–Kier alpha value is -1.01. The van der Waals surface area contributed by atoms with Gasteiger partial charge in [0.25, 0.3) is 0 Å². The molecule has 0 amide bonds. The van der Waals surface area contributed by atoms with Crippen LogP contribution in [0, 0.1) is 11.3 Å². The molecular weight excluding hydrogens is 228 g/mol. The molecule has 0 fully saturated rings. The van der Waals surface area contributed by atoms with Crippen LogP contribution in [-0.4, -0.2) is 6.54 Å². The molecule has 0 aliphatic carbocycles. The van der Waals surface area contributed by atoms with Gasteiger partial charge in [-0.05, 0) is 30.7 Å². The van der Waals surface area contributed by atoms with Crippen LogP contribution in [-0.2, 0) is 0 Å². The lowest BCUT2D eigenvalue weighted by Gasteiger charge is -2.03. The third-order valence-electron chi connectivity index (χ3n) is 1.64. The zero-order valence-corrected chi connectivity index (χ0v) is 8.84. The molecule has 0 spiro atoms. The normalized spacial score (nSPS) is 9.23. The van der Waals surface area contributed by atoms with Crippen LogP contribution in [0.15, 0.2) is 28.7 Å². The number of unbranched alkanes of at least 4 members (excludes halogenated alkanes) is 1. The van der Waals surface area contributed by atoms with E-state index >= 15 is 0 Å². The number of halogens is 1. The lowest BCUT2D eigenvalue weighted by molar-refractivity contribution is 0.897. The van der Waals surface area contributed by atoms with E-state index in [0.29, 0.717) is 6.42 Å². The standard InChI is InChI=1S/C10H11BrN2/c11-9-3-5-10(6-4-9)13-8-2-1-7-12/h3-6,13H,1-2,8H2. The maximum Gasteiger partial charge on any atom is 0.0622 e. The van der Waals surface area contributed by atoms with Crippen molar-refractivity contribution in [1.82, 2.24) is 0 Å². The molecule has 68 valence electrons. The predicted octanol–water partition coefficient (Wildman–Crippen LogP) is 3.16. The number of nitrogens with zero attached hydrogens (tertiary/aromatic N) is 1. The minimum atomic E-state index is 0.615. The summed E-state index contributed by atoms with van der Waals surface area (Å²) in [6.45, 7) is 0.856. The fraction of sp³-hybridized carbons (Fsp3) is 0.300. The van der Waals surface area contributed by atoms with E-state index in [-0.39, 0.29) is 0 Å². The SMILES string of the molecule is N#CCCCNc1ccc(Br)cc1. The molecule has 3 heteroatoms. The van der Waals surface area contributed by atoms with Gasteiger partial charge < -0.3 is 5.32 Å². The molecule has 1 aromatic rings. The highest BCUT2D eigenvalue weighted by Gasteiger charge is 1.90. The number of anilines is 1. The quantitative estimate of drug-likeness (QED) is 0.819. The molecular formula is C10H11BrN2. The van der Waals surface area contributed by atoms with Crippen LogP contribution >= 0.6 is 15.9 Å². The number of hydrogen-bond acceptors (Lipinski definition) is 2. The monoisotopic (exact) mass is 238 g/mol. The highest BCUT2D eigenvalue weighted by molar-refractivity contribution is 9.10. The Bertz CT molecular complexity index is 287. The Morgan fingerprint density at radius 1 is 1.31 bits per heavy atom. The zero-order chi connectivity index (χ0) is 9.52. The van der Waals surface area contributed by atoms with Gasteiger partial charge in [0.15, 0.2) is 0 Å². The Kier molecular flexibility index (Phi) is 4.34. The van der Waals surface area contributed by atoms with Gasteiger partial charge in [0.05, 0.1) is 6.07 Å². The lowest BCUT2D eigenvalue weighted by Crippen LogP contribution is -2.00. The molecule has 1 rings (SSSR count). The Morgan fingerprint density at radius 3 is 2.62 bits per heavy atom. The first-order chi connectivity index (χ1) is 6.33. The van der Waals surface area contributed by atoms with Crippen molar-refractivity contribution < 1.29 is 0 Å². The maximum atomic E-state index is 8.32. The van der Waals surface area contributed by atoms with Gasteiger partial charge in [-0.15, -0.1) is 0 Å².